The molecule has 0 saturated heterocycles. The number of carbonyl (C=O) groups excluding carboxylic acids is 1. The Kier molecular flexibility index (Phi) is 4.24. The Balaban J connectivity index is 2.23. The van der Waals surface area contributed by atoms with Gasteiger partial charge in [0.1, 0.15) is 11.6 Å². The van der Waals surface area contributed by atoms with Crippen molar-refractivity contribution in [3.63, 3.8) is 0 Å². The number of ether oxygens (including phenoxy) is 1. The smallest absolute Gasteiger partial charge is 0.255 e. The van der Waals surface area contributed by atoms with Crippen LogP contribution in [0.3, 0.4) is 0 Å². The highest BCUT2D eigenvalue weighted by Crippen LogP contribution is 2.25. The van der Waals surface area contributed by atoms with E-state index in [1.165, 1.54) is 19.2 Å². The van der Waals surface area contributed by atoms with Crippen LogP contribution in [0.5, 0.6) is 5.75 Å². The normalized spacial score (nSPS) is 10.2. The van der Waals surface area contributed by atoms with Crippen LogP contribution >= 0.6 is 15.9 Å². The largest absolute Gasteiger partial charge is 0.497 e. The summed E-state index contributed by atoms with van der Waals surface area (Å²) in [7, 11) is 1.53. The maximum Gasteiger partial charge on any atom is 0.255 e. The molecule has 20 heavy (non-hydrogen) atoms. The van der Waals surface area contributed by atoms with Crippen LogP contribution in [-0.4, -0.2) is 13.0 Å². The Hall–Kier alpha value is -2.08. The second kappa shape index (κ2) is 5.92. The Bertz CT molecular complexity index is 662. The van der Waals surface area contributed by atoms with Crippen LogP contribution in [0.2, 0.25) is 0 Å². The highest BCUT2D eigenvalue weighted by atomic mass is 79.9. The van der Waals surface area contributed by atoms with Gasteiger partial charge in [-0.2, -0.15) is 0 Å². The van der Waals surface area contributed by atoms with Gasteiger partial charge in [0, 0.05) is 21.8 Å². The summed E-state index contributed by atoms with van der Waals surface area (Å²) in [5.41, 5.74) is 6.11. The molecule has 0 fully saturated rings. The number of hydrogen-bond acceptors (Lipinski definition) is 3. The SMILES string of the molecule is COc1cc(Br)cc(NC(=O)c2ccc(N)c(F)c2)c1. The number of rotatable bonds is 3. The van der Waals surface area contributed by atoms with Crippen molar-refractivity contribution in [2.24, 2.45) is 0 Å². The molecule has 2 aromatic carbocycles. The van der Waals surface area contributed by atoms with Crippen LogP contribution < -0.4 is 15.8 Å². The van der Waals surface area contributed by atoms with Crippen molar-refractivity contribution in [1.29, 1.82) is 0 Å². The van der Waals surface area contributed by atoms with Gasteiger partial charge in [-0.1, -0.05) is 15.9 Å². The van der Waals surface area contributed by atoms with Gasteiger partial charge in [0.25, 0.3) is 5.91 Å². The van der Waals surface area contributed by atoms with Crippen LogP contribution in [0, 0.1) is 5.82 Å². The third-order valence-corrected chi connectivity index (χ3v) is 3.09. The molecule has 0 aliphatic rings. The summed E-state index contributed by atoms with van der Waals surface area (Å²) >= 11 is 3.31. The van der Waals surface area contributed by atoms with Crippen molar-refractivity contribution in [2.75, 3.05) is 18.2 Å². The third kappa shape index (κ3) is 3.27. The Morgan fingerprint density at radius 1 is 1.30 bits per heavy atom. The average molecular weight is 339 g/mol. The van der Waals surface area contributed by atoms with E-state index in [-0.39, 0.29) is 11.3 Å². The molecule has 0 bridgehead atoms. The monoisotopic (exact) mass is 338 g/mol. The Labute approximate surface area is 123 Å². The molecule has 4 nitrogen and oxygen atoms in total. The van der Waals surface area contributed by atoms with Gasteiger partial charge in [0.05, 0.1) is 12.8 Å². The molecule has 2 rings (SSSR count). The summed E-state index contributed by atoms with van der Waals surface area (Å²) in [4.78, 5) is 12.0. The number of benzene rings is 2. The van der Waals surface area contributed by atoms with Crippen LogP contribution in [0.1, 0.15) is 10.4 Å². The minimum absolute atomic E-state index is 0.00525. The Morgan fingerprint density at radius 2 is 2.05 bits per heavy atom. The number of methoxy groups -OCH3 is 1. The fourth-order valence-corrected chi connectivity index (χ4v) is 2.10. The molecule has 104 valence electrons. The van der Waals surface area contributed by atoms with Crippen molar-refractivity contribution in [2.45, 2.75) is 0 Å². The van der Waals surface area contributed by atoms with E-state index in [1.807, 2.05) is 0 Å². The lowest BCUT2D eigenvalue weighted by atomic mass is 10.2. The molecule has 0 radical (unpaired) electrons. The Morgan fingerprint density at radius 3 is 2.70 bits per heavy atom. The number of nitrogen functional groups attached to an aromatic ring is 1. The summed E-state index contributed by atoms with van der Waals surface area (Å²) in [5.74, 6) is -0.452. The zero-order valence-electron chi connectivity index (χ0n) is 10.6. The fraction of sp³-hybridized carbons (Fsp3) is 0.0714. The van der Waals surface area contributed by atoms with Gasteiger partial charge in [-0.25, -0.2) is 4.39 Å². The van der Waals surface area contributed by atoms with Gasteiger partial charge in [0.2, 0.25) is 0 Å². The van der Waals surface area contributed by atoms with Crippen molar-refractivity contribution >= 4 is 33.2 Å². The van der Waals surface area contributed by atoms with Crippen LogP contribution in [0.4, 0.5) is 15.8 Å². The summed E-state index contributed by atoms with van der Waals surface area (Å²) in [6, 6.07) is 9.05. The van der Waals surface area contributed by atoms with Crippen molar-refractivity contribution < 1.29 is 13.9 Å². The maximum atomic E-state index is 13.3. The molecular weight excluding hydrogens is 327 g/mol. The van der Waals surface area contributed by atoms with E-state index in [9.17, 15) is 9.18 Å². The van der Waals surface area contributed by atoms with E-state index >= 15 is 0 Å². The predicted molar refractivity (Wildman–Crippen MR) is 79.5 cm³/mol. The lowest BCUT2D eigenvalue weighted by Crippen LogP contribution is -2.12. The molecule has 3 N–H and O–H groups in total. The number of carbonyl (C=O) groups is 1. The van der Waals surface area contributed by atoms with E-state index in [1.54, 1.807) is 18.2 Å². The average Bonchev–Trinajstić information content (AvgIpc) is 2.41. The molecule has 0 aliphatic heterocycles. The minimum Gasteiger partial charge on any atom is -0.497 e. The number of amides is 1. The molecule has 2 aromatic rings. The highest BCUT2D eigenvalue weighted by molar-refractivity contribution is 9.10. The van der Waals surface area contributed by atoms with E-state index < -0.39 is 11.7 Å². The summed E-state index contributed by atoms with van der Waals surface area (Å²) in [6.07, 6.45) is 0. The summed E-state index contributed by atoms with van der Waals surface area (Å²) in [6.45, 7) is 0. The first-order valence-corrected chi connectivity index (χ1v) is 6.50. The molecule has 0 aliphatic carbocycles. The maximum absolute atomic E-state index is 13.3. The highest BCUT2D eigenvalue weighted by Gasteiger charge is 2.10. The zero-order chi connectivity index (χ0) is 14.7. The number of halogens is 2. The molecule has 1 amide bonds. The van der Waals surface area contributed by atoms with Gasteiger partial charge < -0.3 is 15.8 Å². The van der Waals surface area contributed by atoms with Gasteiger partial charge in [-0.3, -0.25) is 4.79 Å². The lowest BCUT2D eigenvalue weighted by molar-refractivity contribution is 0.102. The molecule has 0 saturated carbocycles. The van der Waals surface area contributed by atoms with Gasteiger partial charge in [-0.05, 0) is 30.3 Å². The fourth-order valence-electron chi connectivity index (χ4n) is 1.62. The van der Waals surface area contributed by atoms with Crippen molar-refractivity contribution in [3.8, 4) is 5.75 Å². The number of nitrogens with one attached hydrogen (secondary N) is 1. The molecular formula is C14H12BrFN2O2. The van der Waals surface area contributed by atoms with Gasteiger partial charge >= 0.3 is 0 Å². The topological polar surface area (TPSA) is 64.3 Å². The van der Waals surface area contributed by atoms with Gasteiger partial charge in [-0.15, -0.1) is 0 Å². The van der Waals surface area contributed by atoms with E-state index in [2.05, 4.69) is 21.2 Å². The van der Waals surface area contributed by atoms with Crippen molar-refractivity contribution in [1.82, 2.24) is 0 Å². The second-order valence-electron chi connectivity index (χ2n) is 4.07. The zero-order valence-corrected chi connectivity index (χ0v) is 12.2. The molecule has 0 heterocycles. The molecule has 0 unspecified atom stereocenters. The summed E-state index contributed by atoms with van der Waals surface area (Å²) < 4.78 is 19.2. The first-order chi connectivity index (χ1) is 9.49. The standard InChI is InChI=1S/C14H12BrFN2O2/c1-20-11-6-9(15)5-10(7-11)18-14(19)8-2-3-13(17)12(16)4-8/h2-7H,17H2,1H3,(H,18,19). The second-order valence-corrected chi connectivity index (χ2v) is 4.99. The van der Waals surface area contributed by atoms with Crippen LogP contribution in [-0.2, 0) is 0 Å². The molecule has 0 atom stereocenters. The number of hydrogen-bond donors (Lipinski definition) is 2. The quantitative estimate of drug-likeness (QED) is 0.842. The first-order valence-electron chi connectivity index (χ1n) is 5.70. The van der Waals surface area contributed by atoms with E-state index in [4.69, 9.17) is 10.5 Å². The van der Waals surface area contributed by atoms with E-state index in [0.717, 1.165) is 10.5 Å². The van der Waals surface area contributed by atoms with Crippen molar-refractivity contribution in [3.05, 3.63) is 52.3 Å². The molecule has 0 spiro atoms. The third-order valence-electron chi connectivity index (χ3n) is 2.63. The van der Waals surface area contributed by atoms with Gasteiger partial charge in [0.15, 0.2) is 0 Å². The first kappa shape index (κ1) is 14.3. The number of nitrogens with two attached hydrogens (primary N) is 1. The van der Waals surface area contributed by atoms with Crippen LogP contribution in [0.25, 0.3) is 0 Å². The minimum atomic E-state index is -0.621. The van der Waals surface area contributed by atoms with E-state index in [0.29, 0.717) is 11.4 Å². The summed E-state index contributed by atoms with van der Waals surface area (Å²) in [5, 5.41) is 2.66. The predicted octanol–water partition coefficient (Wildman–Crippen LogP) is 3.43. The molecule has 6 heteroatoms. The molecule has 0 aromatic heterocycles. The lowest BCUT2D eigenvalue weighted by Gasteiger charge is -2.08. The number of anilines is 2. The van der Waals surface area contributed by atoms with Crippen LogP contribution in [0.15, 0.2) is 40.9 Å².